The number of aryl methyl sites for hydroxylation is 1. The van der Waals surface area contributed by atoms with Crippen molar-refractivity contribution in [1.82, 2.24) is 9.88 Å². The Kier molecular flexibility index (Phi) is 5.04. The highest BCUT2D eigenvalue weighted by molar-refractivity contribution is 9.10. The molecule has 0 aliphatic heterocycles. The lowest BCUT2D eigenvalue weighted by Gasteiger charge is -2.15. The summed E-state index contributed by atoms with van der Waals surface area (Å²) in [6.07, 6.45) is 0. The summed E-state index contributed by atoms with van der Waals surface area (Å²) in [6, 6.07) is 13.4. The van der Waals surface area contributed by atoms with E-state index in [9.17, 15) is 4.79 Å². The van der Waals surface area contributed by atoms with Gasteiger partial charge in [-0.15, -0.1) is 0 Å². The topological polar surface area (TPSA) is 33.2 Å². The average molecular weight is 333 g/mol. The van der Waals surface area contributed by atoms with Gasteiger partial charge in [-0.2, -0.15) is 0 Å². The number of pyridine rings is 1. The highest BCUT2D eigenvalue weighted by Crippen LogP contribution is 2.11. The molecule has 0 aliphatic rings. The monoisotopic (exact) mass is 332 g/mol. The first kappa shape index (κ1) is 14.9. The van der Waals surface area contributed by atoms with Gasteiger partial charge in [0.15, 0.2) is 5.78 Å². The van der Waals surface area contributed by atoms with Crippen LogP contribution < -0.4 is 0 Å². The number of carbonyl (C=O) groups excluding carboxylic acids is 1. The van der Waals surface area contributed by atoms with Crippen molar-refractivity contribution in [3.63, 3.8) is 0 Å². The Balaban J connectivity index is 1.95. The number of halogens is 1. The summed E-state index contributed by atoms with van der Waals surface area (Å²) in [4.78, 5) is 18.6. The molecule has 0 fully saturated rings. The van der Waals surface area contributed by atoms with Gasteiger partial charge in [-0.05, 0) is 38.2 Å². The van der Waals surface area contributed by atoms with Crippen LogP contribution in [0, 0.1) is 6.92 Å². The fourth-order valence-electron chi connectivity index (χ4n) is 1.99. The van der Waals surface area contributed by atoms with Gasteiger partial charge >= 0.3 is 0 Å². The molecule has 0 saturated carbocycles. The lowest BCUT2D eigenvalue weighted by Crippen LogP contribution is -2.26. The van der Waals surface area contributed by atoms with E-state index in [1.54, 1.807) is 0 Å². The lowest BCUT2D eigenvalue weighted by atomic mass is 10.1. The van der Waals surface area contributed by atoms with Crippen molar-refractivity contribution >= 4 is 21.7 Å². The fraction of sp³-hybridized carbons (Fsp3) is 0.250. The van der Waals surface area contributed by atoms with Gasteiger partial charge in [0, 0.05) is 22.3 Å². The second kappa shape index (κ2) is 6.77. The number of Topliss-reactive ketones (excluding diaryl/α,β-unsaturated/α-hetero) is 1. The summed E-state index contributed by atoms with van der Waals surface area (Å²) < 4.78 is 0.978. The zero-order chi connectivity index (χ0) is 14.5. The van der Waals surface area contributed by atoms with Crippen molar-refractivity contribution < 1.29 is 4.79 Å². The molecule has 0 radical (unpaired) electrons. The quantitative estimate of drug-likeness (QED) is 0.786. The maximum Gasteiger partial charge on any atom is 0.176 e. The predicted octanol–water partition coefficient (Wildman–Crippen LogP) is 3.47. The van der Waals surface area contributed by atoms with Crippen LogP contribution in [0.1, 0.15) is 21.7 Å². The molecule has 0 saturated heterocycles. The number of likely N-dealkylation sites (N-methyl/N-ethyl adjacent to an activating group) is 1. The van der Waals surface area contributed by atoms with E-state index < -0.39 is 0 Å². The molecule has 0 amide bonds. The zero-order valence-electron chi connectivity index (χ0n) is 11.6. The van der Waals surface area contributed by atoms with Gasteiger partial charge in [-0.3, -0.25) is 14.7 Å². The first-order valence-electron chi connectivity index (χ1n) is 6.44. The van der Waals surface area contributed by atoms with Crippen molar-refractivity contribution in [1.29, 1.82) is 0 Å². The minimum Gasteiger partial charge on any atom is -0.293 e. The standard InChI is InChI=1S/C16H17BrN2O/c1-12-4-3-5-15(18-12)10-19(2)11-16(20)13-6-8-14(17)9-7-13/h3-9H,10-11H2,1-2H3. The SMILES string of the molecule is Cc1cccc(CN(C)CC(=O)c2ccc(Br)cc2)n1. The van der Waals surface area contributed by atoms with E-state index in [-0.39, 0.29) is 5.78 Å². The molecule has 0 atom stereocenters. The molecule has 0 unspecified atom stereocenters. The molecule has 0 bridgehead atoms. The van der Waals surface area contributed by atoms with Crippen molar-refractivity contribution in [2.24, 2.45) is 0 Å². The van der Waals surface area contributed by atoms with Crippen molar-refractivity contribution in [2.45, 2.75) is 13.5 Å². The number of aromatic nitrogens is 1. The Morgan fingerprint density at radius 2 is 1.90 bits per heavy atom. The molecule has 20 heavy (non-hydrogen) atoms. The van der Waals surface area contributed by atoms with Crippen LogP contribution in [0.5, 0.6) is 0 Å². The van der Waals surface area contributed by atoms with E-state index in [2.05, 4.69) is 20.9 Å². The molecule has 0 aliphatic carbocycles. The van der Waals surface area contributed by atoms with E-state index in [4.69, 9.17) is 0 Å². The highest BCUT2D eigenvalue weighted by Gasteiger charge is 2.10. The highest BCUT2D eigenvalue weighted by atomic mass is 79.9. The molecular formula is C16H17BrN2O. The predicted molar refractivity (Wildman–Crippen MR) is 83.8 cm³/mol. The van der Waals surface area contributed by atoms with Crippen molar-refractivity contribution in [3.05, 3.63) is 63.9 Å². The van der Waals surface area contributed by atoms with E-state index in [0.717, 1.165) is 21.4 Å². The Bertz CT molecular complexity index is 596. The maximum absolute atomic E-state index is 12.1. The Morgan fingerprint density at radius 3 is 2.55 bits per heavy atom. The summed E-state index contributed by atoms with van der Waals surface area (Å²) in [7, 11) is 1.93. The summed E-state index contributed by atoms with van der Waals surface area (Å²) in [5.41, 5.74) is 2.71. The van der Waals surface area contributed by atoms with Gasteiger partial charge in [-0.1, -0.05) is 34.1 Å². The molecular weight excluding hydrogens is 316 g/mol. The molecule has 1 heterocycles. The molecule has 1 aromatic carbocycles. The Labute approximate surface area is 127 Å². The number of nitrogens with zero attached hydrogens (tertiary/aromatic N) is 2. The summed E-state index contributed by atoms with van der Waals surface area (Å²) in [5, 5.41) is 0. The minimum atomic E-state index is 0.118. The van der Waals surface area contributed by atoms with Crippen LogP contribution in [0.25, 0.3) is 0 Å². The van der Waals surface area contributed by atoms with Crippen molar-refractivity contribution in [3.8, 4) is 0 Å². The molecule has 1 aromatic heterocycles. The Hall–Kier alpha value is -1.52. The van der Waals surface area contributed by atoms with Gasteiger partial charge in [0.2, 0.25) is 0 Å². The third-order valence-corrected chi connectivity index (χ3v) is 3.49. The third kappa shape index (κ3) is 4.25. The number of ketones is 1. The molecule has 2 aromatic rings. The number of hydrogen-bond donors (Lipinski definition) is 0. The zero-order valence-corrected chi connectivity index (χ0v) is 13.2. The van der Waals surface area contributed by atoms with Crippen LogP contribution in [0.2, 0.25) is 0 Å². The van der Waals surface area contributed by atoms with Crippen LogP contribution in [0.3, 0.4) is 0 Å². The van der Waals surface area contributed by atoms with Crippen LogP contribution >= 0.6 is 15.9 Å². The van der Waals surface area contributed by atoms with Gasteiger partial charge in [-0.25, -0.2) is 0 Å². The minimum absolute atomic E-state index is 0.118. The van der Waals surface area contributed by atoms with E-state index >= 15 is 0 Å². The molecule has 104 valence electrons. The average Bonchev–Trinajstić information content (AvgIpc) is 2.39. The summed E-state index contributed by atoms with van der Waals surface area (Å²) >= 11 is 3.37. The van der Waals surface area contributed by atoms with Crippen LogP contribution in [0.15, 0.2) is 46.9 Å². The number of benzene rings is 1. The first-order valence-corrected chi connectivity index (χ1v) is 7.24. The lowest BCUT2D eigenvalue weighted by molar-refractivity contribution is 0.0942. The number of rotatable bonds is 5. The van der Waals surface area contributed by atoms with Crippen molar-refractivity contribution in [2.75, 3.05) is 13.6 Å². The summed E-state index contributed by atoms with van der Waals surface area (Å²) in [5.74, 6) is 0.118. The van der Waals surface area contributed by atoms with E-state index in [0.29, 0.717) is 13.1 Å². The normalized spacial score (nSPS) is 10.8. The van der Waals surface area contributed by atoms with Gasteiger partial charge < -0.3 is 0 Å². The largest absolute Gasteiger partial charge is 0.293 e. The molecule has 0 spiro atoms. The number of hydrogen-bond acceptors (Lipinski definition) is 3. The second-order valence-corrected chi connectivity index (χ2v) is 5.79. The maximum atomic E-state index is 12.1. The van der Waals surface area contributed by atoms with Crippen LogP contribution in [0.4, 0.5) is 0 Å². The van der Waals surface area contributed by atoms with Crippen LogP contribution in [-0.2, 0) is 6.54 Å². The van der Waals surface area contributed by atoms with E-state index in [1.807, 2.05) is 61.3 Å². The van der Waals surface area contributed by atoms with Gasteiger partial charge in [0.25, 0.3) is 0 Å². The molecule has 3 nitrogen and oxygen atoms in total. The summed E-state index contributed by atoms with van der Waals surface area (Å²) in [6.45, 7) is 3.03. The second-order valence-electron chi connectivity index (χ2n) is 4.87. The molecule has 0 N–H and O–H groups in total. The van der Waals surface area contributed by atoms with Crippen LogP contribution in [-0.4, -0.2) is 29.3 Å². The number of carbonyl (C=O) groups is 1. The fourth-order valence-corrected chi connectivity index (χ4v) is 2.26. The molecule has 4 heteroatoms. The third-order valence-electron chi connectivity index (χ3n) is 2.96. The van der Waals surface area contributed by atoms with Gasteiger partial charge in [0.1, 0.15) is 0 Å². The van der Waals surface area contributed by atoms with Gasteiger partial charge in [0.05, 0.1) is 12.2 Å². The smallest absolute Gasteiger partial charge is 0.176 e. The first-order chi connectivity index (χ1) is 9.54. The molecule has 2 rings (SSSR count). The Morgan fingerprint density at radius 1 is 1.20 bits per heavy atom. The van der Waals surface area contributed by atoms with E-state index in [1.165, 1.54) is 0 Å².